The summed E-state index contributed by atoms with van der Waals surface area (Å²) in [5, 5.41) is 2.91. The third kappa shape index (κ3) is 5.45. The quantitative estimate of drug-likeness (QED) is 0.540. The number of carbonyl (C=O) groups excluding carboxylic acids is 3. The number of nitrogens with one attached hydrogen (secondary N) is 1. The van der Waals surface area contributed by atoms with Crippen LogP contribution in [-0.2, 0) is 19.6 Å². The van der Waals surface area contributed by atoms with Gasteiger partial charge in [-0.15, -0.1) is 0 Å². The Morgan fingerprint density at radius 3 is 2.28 bits per heavy atom. The molecule has 3 saturated heterocycles. The van der Waals surface area contributed by atoms with Crippen molar-refractivity contribution in [1.82, 2.24) is 14.5 Å². The van der Waals surface area contributed by atoms with Gasteiger partial charge in [-0.2, -0.15) is 4.31 Å². The van der Waals surface area contributed by atoms with Crippen LogP contribution in [-0.4, -0.2) is 79.5 Å². The second kappa shape index (κ2) is 11.1. The lowest BCUT2D eigenvalue weighted by Crippen LogP contribution is -2.53. The molecule has 9 nitrogen and oxygen atoms in total. The predicted octanol–water partition coefficient (Wildman–Crippen LogP) is 2.67. The molecule has 2 amide bonds. The van der Waals surface area contributed by atoms with Crippen molar-refractivity contribution >= 4 is 33.3 Å². The molecule has 39 heavy (non-hydrogen) atoms. The average molecular weight is 553 g/mol. The number of rotatable bonds is 8. The lowest BCUT2D eigenvalue weighted by Gasteiger charge is -2.29. The summed E-state index contributed by atoms with van der Waals surface area (Å²) in [6.45, 7) is 5.96. The average Bonchev–Trinajstić information content (AvgIpc) is 3.67. The van der Waals surface area contributed by atoms with Gasteiger partial charge in [-0.25, -0.2) is 8.42 Å². The van der Waals surface area contributed by atoms with E-state index in [2.05, 4.69) is 10.2 Å². The molecule has 0 spiro atoms. The van der Waals surface area contributed by atoms with E-state index >= 15 is 0 Å². The SMILES string of the molecule is CC(C)CC(NC(=O)c1ccc(N2CCCC2)cc1)C(=O)N1CCC2C1C(=O)CN2S(=O)(=O)c1ccccc1. The third-order valence-electron chi connectivity index (χ3n) is 7.92. The number of likely N-dealkylation sites (tertiary alicyclic amines) is 1. The van der Waals surface area contributed by atoms with E-state index in [1.165, 1.54) is 21.3 Å². The number of amides is 2. The van der Waals surface area contributed by atoms with Gasteiger partial charge in [0.2, 0.25) is 15.9 Å². The van der Waals surface area contributed by atoms with E-state index in [0.717, 1.165) is 31.6 Å². The first-order valence-corrected chi connectivity index (χ1v) is 15.2. The zero-order valence-corrected chi connectivity index (χ0v) is 23.3. The fourth-order valence-corrected chi connectivity index (χ4v) is 7.65. The Morgan fingerprint density at radius 1 is 0.974 bits per heavy atom. The number of nitrogens with zero attached hydrogens (tertiary/aromatic N) is 3. The first kappa shape index (κ1) is 27.3. The lowest BCUT2D eigenvalue weighted by atomic mass is 10.0. The highest BCUT2D eigenvalue weighted by Crippen LogP contribution is 2.34. The largest absolute Gasteiger partial charge is 0.372 e. The standard InChI is InChI=1S/C29H36N4O5S/c1-20(2)18-24(30-28(35)21-10-12-22(13-11-21)31-15-6-7-16-31)29(36)32-17-14-25-27(32)26(34)19-33(25)39(37,38)23-8-4-3-5-9-23/h3-5,8-13,20,24-25,27H,6-7,14-19H2,1-2H3,(H,30,35). The Balaban J connectivity index is 1.31. The van der Waals surface area contributed by atoms with Gasteiger partial charge in [0.15, 0.2) is 5.78 Å². The molecule has 10 heteroatoms. The smallest absolute Gasteiger partial charge is 0.251 e. The van der Waals surface area contributed by atoms with E-state index in [1.807, 2.05) is 26.0 Å². The molecule has 2 aromatic rings. The molecule has 3 atom stereocenters. The monoisotopic (exact) mass is 552 g/mol. The van der Waals surface area contributed by atoms with Gasteiger partial charge in [-0.1, -0.05) is 32.0 Å². The van der Waals surface area contributed by atoms with Crippen molar-refractivity contribution < 1.29 is 22.8 Å². The Bertz CT molecular complexity index is 1320. The molecule has 2 aromatic carbocycles. The van der Waals surface area contributed by atoms with Crippen molar-refractivity contribution in [2.75, 3.05) is 31.1 Å². The molecular weight excluding hydrogens is 516 g/mol. The molecule has 0 radical (unpaired) electrons. The molecule has 0 saturated carbocycles. The maximum Gasteiger partial charge on any atom is 0.251 e. The molecule has 3 heterocycles. The molecule has 3 aliphatic heterocycles. The van der Waals surface area contributed by atoms with E-state index in [-0.39, 0.29) is 41.5 Å². The summed E-state index contributed by atoms with van der Waals surface area (Å²) >= 11 is 0. The van der Waals surface area contributed by atoms with Crippen molar-refractivity contribution in [3.05, 3.63) is 60.2 Å². The third-order valence-corrected chi connectivity index (χ3v) is 9.81. The number of carbonyl (C=O) groups is 3. The number of sulfonamides is 1. The number of hydrogen-bond acceptors (Lipinski definition) is 6. The van der Waals surface area contributed by atoms with E-state index < -0.39 is 28.1 Å². The Kier molecular flexibility index (Phi) is 7.77. The number of anilines is 1. The normalized spacial score (nSPS) is 22.4. The molecular formula is C29H36N4O5S. The van der Waals surface area contributed by atoms with E-state index in [4.69, 9.17) is 0 Å². The maximum atomic E-state index is 13.8. The molecule has 0 aliphatic carbocycles. The van der Waals surface area contributed by atoms with Crippen LogP contribution in [0, 0.1) is 5.92 Å². The minimum absolute atomic E-state index is 0.115. The summed E-state index contributed by atoms with van der Waals surface area (Å²) in [7, 11) is -3.88. The zero-order valence-electron chi connectivity index (χ0n) is 22.5. The minimum atomic E-state index is -3.88. The van der Waals surface area contributed by atoms with Crippen molar-refractivity contribution in [1.29, 1.82) is 0 Å². The van der Waals surface area contributed by atoms with Crippen LogP contribution in [0.1, 0.15) is 49.9 Å². The first-order valence-electron chi connectivity index (χ1n) is 13.7. The molecule has 3 fully saturated rings. The summed E-state index contributed by atoms with van der Waals surface area (Å²) < 4.78 is 27.8. The highest BCUT2D eigenvalue weighted by molar-refractivity contribution is 7.89. The summed E-state index contributed by atoms with van der Waals surface area (Å²) in [5.74, 6) is -0.865. The molecule has 3 aliphatic rings. The summed E-state index contributed by atoms with van der Waals surface area (Å²) in [4.78, 5) is 43.9. The maximum absolute atomic E-state index is 13.8. The van der Waals surface area contributed by atoms with Gasteiger partial charge < -0.3 is 15.1 Å². The molecule has 0 bridgehead atoms. The van der Waals surface area contributed by atoms with Gasteiger partial charge in [0.05, 0.1) is 17.5 Å². The summed E-state index contributed by atoms with van der Waals surface area (Å²) in [6, 6.07) is 13.2. The molecule has 3 unspecified atom stereocenters. The molecule has 5 rings (SSSR count). The van der Waals surface area contributed by atoms with Crippen molar-refractivity contribution in [2.45, 2.75) is 62.6 Å². The van der Waals surface area contributed by atoms with Crippen LogP contribution in [0.25, 0.3) is 0 Å². The van der Waals surface area contributed by atoms with Crippen LogP contribution in [0.15, 0.2) is 59.5 Å². The van der Waals surface area contributed by atoms with Crippen molar-refractivity contribution in [2.24, 2.45) is 5.92 Å². The molecule has 0 aromatic heterocycles. The fraction of sp³-hybridized carbons (Fsp3) is 0.483. The second-order valence-corrected chi connectivity index (χ2v) is 12.9. The number of benzene rings is 2. The topological polar surface area (TPSA) is 107 Å². The van der Waals surface area contributed by atoms with Crippen LogP contribution >= 0.6 is 0 Å². The predicted molar refractivity (Wildman–Crippen MR) is 148 cm³/mol. The van der Waals surface area contributed by atoms with E-state index in [1.54, 1.807) is 30.3 Å². The van der Waals surface area contributed by atoms with E-state index in [0.29, 0.717) is 18.4 Å². The Morgan fingerprint density at radius 2 is 1.64 bits per heavy atom. The van der Waals surface area contributed by atoms with Crippen LogP contribution in [0.3, 0.4) is 0 Å². The number of ketones is 1. The van der Waals surface area contributed by atoms with Crippen molar-refractivity contribution in [3.8, 4) is 0 Å². The summed E-state index contributed by atoms with van der Waals surface area (Å²) in [5.41, 5.74) is 1.55. The zero-order chi connectivity index (χ0) is 27.7. The molecule has 208 valence electrons. The Labute approximate surface area is 230 Å². The van der Waals surface area contributed by atoms with Gasteiger partial charge >= 0.3 is 0 Å². The minimum Gasteiger partial charge on any atom is -0.372 e. The van der Waals surface area contributed by atoms with Gasteiger partial charge in [0, 0.05) is 30.9 Å². The number of Topliss-reactive ketones (excluding diaryl/α,β-unsaturated/α-hetero) is 1. The van der Waals surface area contributed by atoms with E-state index in [9.17, 15) is 22.8 Å². The van der Waals surface area contributed by atoms with Crippen LogP contribution in [0.5, 0.6) is 0 Å². The second-order valence-electron chi connectivity index (χ2n) is 11.1. The Hall–Kier alpha value is -3.24. The van der Waals surface area contributed by atoms with Gasteiger partial charge in [0.25, 0.3) is 5.91 Å². The first-order chi connectivity index (χ1) is 18.7. The van der Waals surface area contributed by atoms with Crippen LogP contribution in [0.2, 0.25) is 0 Å². The van der Waals surface area contributed by atoms with Gasteiger partial charge in [0.1, 0.15) is 12.1 Å². The summed E-state index contributed by atoms with van der Waals surface area (Å²) in [6.07, 6.45) is 3.11. The lowest BCUT2D eigenvalue weighted by molar-refractivity contribution is -0.138. The highest BCUT2D eigenvalue weighted by atomic mass is 32.2. The van der Waals surface area contributed by atoms with Crippen LogP contribution in [0.4, 0.5) is 5.69 Å². The molecule has 1 N–H and O–H groups in total. The van der Waals surface area contributed by atoms with Gasteiger partial charge in [-0.3, -0.25) is 14.4 Å². The number of hydrogen-bond donors (Lipinski definition) is 1. The highest BCUT2D eigenvalue weighted by Gasteiger charge is 2.54. The van der Waals surface area contributed by atoms with Gasteiger partial charge in [-0.05, 0) is 68.0 Å². The van der Waals surface area contributed by atoms with Crippen molar-refractivity contribution in [3.63, 3.8) is 0 Å². The number of fused-ring (bicyclic) bond motifs is 1. The fourth-order valence-electron chi connectivity index (χ4n) is 6.00. The van der Waals surface area contributed by atoms with Crippen LogP contribution < -0.4 is 10.2 Å².